The highest BCUT2D eigenvalue weighted by Crippen LogP contribution is 2.12. The van der Waals surface area contributed by atoms with Gasteiger partial charge in [0.05, 0.1) is 12.1 Å². The quantitative estimate of drug-likeness (QED) is 0.809. The summed E-state index contributed by atoms with van der Waals surface area (Å²) in [5.41, 5.74) is 0.733. The molecular weight excluding hydrogens is 206 g/mol. The molecule has 0 saturated heterocycles. The average Bonchev–Trinajstić information content (AvgIpc) is 2.65. The molecular formula is C11H13N3O2. The van der Waals surface area contributed by atoms with Gasteiger partial charge in [0.1, 0.15) is 5.82 Å². The molecule has 0 aliphatic carbocycles. The van der Waals surface area contributed by atoms with E-state index < -0.39 is 5.97 Å². The minimum Gasteiger partial charge on any atom is -0.476 e. The first kappa shape index (κ1) is 10.6. The fourth-order valence-electron chi connectivity index (χ4n) is 1.62. The molecule has 0 bridgehead atoms. The molecule has 0 amide bonds. The van der Waals surface area contributed by atoms with Crippen LogP contribution in [-0.2, 0) is 6.54 Å². The zero-order valence-corrected chi connectivity index (χ0v) is 8.97. The summed E-state index contributed by atoms with van der Waals surface area (Å²) in [6.45, 7) is 3.38. The number of fused-ring (bicyclic) bond motifs is 1. The number of carboxylic acid groups (broad SMARTS) is 1. The minimum atomic E-state index is -0.994. The van der Waals surface area contributed by atoms with Crippen LogP contribution in [0, 0.1) is 0 Å². The van der Waals surface area contributed by atoms with E-state index in [9.17, 15) is 4.79 Å². The lowest BCUT2D eigenvalue weighted by atomic mass is 10.3. The van der Waals surface area contributed by atoms with Gasteiger partial charge in [0, 0.05) is 6.20 Å². The number of hydrogen-bond donors (Lipinski definition) is 2. The molecule has 0 saturated carbocycles. The van der Waals surface area contributed by atoms with Crippen LogP contribution in [0.1, 0.15) is 23.2 Å². The zero-order chi connectivity index (χ0) is 11.5. The van der Waals surface area contributed by atoms with E-state index in [1.165, 1.54) is 0 Å². The van der Waals surface area contributed by atoms with Crippen LogP contribution in [-0.4, -0.2) is 27.0 Å². The first-order valence-corrected chi connectivity index (χ1v) is 5.14. The van der Waals surface area contributed by atoms with E-state index in [0.29, 0.717) is 12.1 Å². The molecule has 0 unspecified atom stereocenters. The summed E-state index contributed by atoms with van der Waals surface area (Å²) in [5, 5.41) is 12.2. The van der Waals surface area contributed by atoms with Crippen molar-refractivity contribution in [3.8, 4) is 0 Å². The van der Waals surface area contributed by atoms with E-state index >= 15 is 0 Å². The molecule has 2 N–H and O–H groups in total. The van der Waals surface area contributed by atoms with Gasteiger partial charge in [-0.05, 0) is 18.7 Å². The van der Waals surface area contributed by atoms with Crippen LogP contribution in [0.4, 0.5) is 0 Å². The van der Waals surface area contributed by atoms with Gasteiger partial charge < -0.3 is 14.8 Å². The van der Waals surface area contributed by atoms with Crippen LogP contribution >= 0.6 is 0 Å². The van der Waals surface area contributed by atoms with Crippen molar-refractivity contribution in [2.24, 2.45) is 0 Å². The van der Waals surface area contributed by atoms with E-state index in [4.69, 9.17) is 5.11 Å². The monoisotopic (exact) mass is 219 g/mol. The minimum absolute atomic E-state index is 0.105. The molecule has 0 aliphatic heterocycles. The molecule has 2 aromatic heterocycles. The molecule has 0 spiro atoms. The summed E-state index contributed by atoms with van der Waals surface area (Å²) in [7, 11) is 0. The molecule has 0 aliphatic rings. The number of aromatic carboxylic acids is 1. The Morgan fingerprint density at radius 2 is 2.38 bits per heavy atom. The number of pyridine rings is 1. The molecule has 0 radical (unpaired) electrons. The van der Waals surface area contributed by atoms with Crippen LogP contribution < -0.4 is 5.32 Å². The van der Waals surface area contributed by atoms with Gasteiger partial charge in [-0.3, -0.25) is 0 Å². The summed E-state index contributed by atoms with van der Waals surface area (Å²) in [6.07, 6.45) is 1.82. The Labute approximate surface area is 92.7 Å². The lowest BCUT2D eigenvalue weighted by Gasteiger charge is -2.00. The number of imidazole rings is 1. The fraction of sp³-hybridized carbons (Fsp3) is 0.273. The molecule has 2 rings (SSSR count). The highest BCUT2D eigenvalue weighted by molar-refractivity contribution is 5.93. The van der Waals surface area contributed by atoms with Crippen molar-refractivity contribution in [1.29, 1.82) is 0 Å². The van der Waals surface area contributed by atoms with Gasteiger partial charge in [0.25, 0.3) is 0 Å². The molecule has 0 atom stereocenters. The number of hydrogen-bond acceptors (Lipinski definition) is 3. The number of nitrogens with zero attached hydrogens (tertiary/aromatic N) is 2. The van der Waals surface area contributed by atoms with Crippen molar-refractivity contribution in [3.63, 3.8) is 0 Å². The Hall–Kier alpha value is -1.88. The van der Waals surface area contributed by atoms with Gasteiger partial charge in [-0.25, -0.2) is 9.78 Å². The second-order valence-corrected chi connectivity index (χ2v) is 3.42. The highest BCUT2D eigenvalue weighted by atomic mass is 16.4. The van der Waals surface area contributed by atoms with Crippen LogP contribution in [0.3, 0.4) is 0 Å². The van der Waals surface area contributed by atoms with Crippen molar-refractivity contribution in [1.82, 2.24) is 14.7 Å². The molecule has 0 aromatic carbocycles. The fourth-order valence-corrected chi connectivity index (χ4v) is 1.62. The molecule has 2 aromatic rings. The largest absolute Gasteiger partial charge is 0.476 e. The molecule has 5 nitrogen and oxygen atoms in total. The maximum absolute atomic E-state index is 11.0. The van der Waals surface area contributed by atoms with Crippen molar-refractivity contribution >= 4 is 11.5 Å². The van der Waals surface area contributed by atoms with Crippen molar-refractivity contribution in [3.05, 3.63) is 35.9 Å². The summed E-state index contributed by atoms with van der Waals surface area (Å²) < 4.78 is 1.80. The average molecular weight is 219 g/mol. The molecule has 2 heterocycles. The Morgan fingerprint density at radius 1 is 1.56 bits per heavy atom. The topological polar surface area (TPSA) is 66.6 Å². The van der Waals surface area contributed by atoms with Crippen LogP contribution in [0.15, 0.2) is 24.4 Å². The number of carboxylic acids is 1. The van der Waals surface area contributed by atoms with Crippen molar-refractivity contribution in [2.45, 2.75) is 13.5 Å². The predicted molar refractivity (Wildman–Crippen MR) is 59.5 cm³/mol. The number of rotatable bonds is 4. The summed E-state index contributed by atoms with van der Waals surface area (Å²) >= 11 is 0. The Kier molecular flexibility index (Phi) is 2.87. The van der Waals surface area contributed by atoms with Crippen LogP contribution in [0.5, 0.6) is 0 Å². The maximum Gasteiger partial charge on any atom is 0.356 e. The van der Waals surface area contributed by atoms with Gasteiger partial charge in [0.15, 0.2) is 5.69 Å². The summed E-state index contributed by atoms with van der Waals surface area (Å²) in [6, 6.07) is 5.42. The standard InChI is InChI=1S/C11H13N3O2/c1-2-12-7-9-13-10(11(15)16)8-5-3-4-6-14(8)9/h3-6,12H,2,7H2,1H3,(H,15,16). The number of aromatic nitrogens is 2. The third-order valence-electron chi connectivity index (χ3n) is 2.36. The number of carbonyl (C=O) groups is 1. The SMILES string of the molecule is CCNCc1nc(C(=O)O)c2ccccn12. The third kappa shape index (κ3) is 1.77. The Balaban J connectivity index is 2.53. The normalized spacial score (nSPS) is 10.8. The van der Waals surface area contributed by atoms with Gasteiger partial charge >= 0.3 is 5.97 Å². The maximum atomic E-state index is 11.0. The van der Waals surface area contributed by atoms with Gasteiger partial charge in [-0.2, -0.15) is 0 Å². The molecule has 16 heavy (non-hydrogen) atoms. The molecule has 5 heteroatoms. The van der Waals surface area contributed by atoms with Crippen LogP contribution in [0.2, 0.25) is 0 Å². The third-order valence-corrected chi connectivity index (χ3v) is 2.36. The van der Waals surface area contributed by atoms with E-state index in [1.807, 2.05) is 19.2 Å². The van der Waals surface area contributed by atoms with E-state index in [0.717, 1.165) is 12.4 Å². The second-order valence-electron chi connectivity index (χ2n) is 3.42. The highest BCUT2D eigenvalue weighted by Gasteiger charge is 2.15. The van der Waals surface area contributed by atoms with Crippen molar-refractivity contribution in [2.75, 3.05) is 6.54 Å². The van der Waals surface area contributed by atoms with Gasteiger partial charge in [-0.15, -0.1) is 0 Å². The Bertz CT molecular complexity index is 519. The summed E-state index contributed by atoms with van der Waals surface area (Å²) in [4.78, 5) is 15.1. The van der Waals surface area contributed by atoms with Gasteiger partial charge in [-0.1, -0.05) is 13.0 Å². The predicted octanol–water partition coefficient (Wildman–Crippen LogP) is 1.14. The van der Waals surface area contributed by atoms with E-state index in [-0.39, 0.29) is 5.69 Å². The van der Waals surface area contributed by atoms with Gasteiger partial charge in [0.2, 0.25) is 0 Å². The van der Waals surface area contributed by atoms with Crippen molar-refractivity contribution < 1.29 is 9.90 Å². The lowest BCUT2D eigenvalue weighted by molar-refractivity contribution is 0.0693. The first-order valence-electron chi connectivity index (χ1n) is 5.14. The van der Waals surface area contributed by atoms with E-state index in [2.05, 4.69) is 10.3 Å². The lowest BCUT2D eigenvalue weighted by Crippen LogP contribution is -2.14. The zero-order valence-electron chi connectivity index (χ0n) is 8.97. The molecule has 0 fully saturated rings. The summed E-state index contributed by atoms with van der Waals surface area (Å²) in [5.74, 6) is -0.277. The Morgan fingerprint density at radius 3 is 3.06 bits per heavy atom. The number of nitrogens with one attached hydrogen (secondary N) is 1. The van der Waals surface area contributed by atoms with Crippen LogP contribution in [0.25, 0.3) is 5.52 Å². The van der Waals surface area contributed by atoms with E-state index in [1.54, 1.807) is 16.5 Å². The first-order chi connectivity index (χ1) is 7.74. The second kappa shape index (κ2) is 4.32. The molecule has 84 valence electrons. The smallest absolute Gasteiger partial charge is 0.356 e.